The average molecular weight is 300 g/mol. The third-order valence-corrected chi connectivity index (χ3v) is 3.83. The van der Waals surface area contributed by atoms with E-state index in [1.54, 1.807) is 0 Å². The molecule has 2 heterocycles. The first kappa shape index (κ1) is 14.7. The lowest BCUT2D eigenvalue weighted by Crippen LogP contribution is -2.46. The number of H-pyrrole nitrogens is 1. The molecule has 22 heavy (non-hydrogen) atoms. The number of carbonyl (C=O) groups excluding carboxylic acids is 1. The number of aromatic amines is 1. The summed E-state index contributed by atoms with van der Waals surface area (Å²) in [4.78, 5) is 14.3. The van der Waals surface area contributed by atoms with Crippen LogP contribution in [0.4, 0.5) is 5.82 Å². The Hall–Kier alpha value is -2.18. The Kier molecular flexibility index (Phi) is 4.22. The minimum absolute atomic E-state index is 0.158. The number of nitrogens with zero attached hydrogens (tertiary/aromatic N) is 2. The molecule has 0 radical (unpaired) electrons. The number of morpholine rings is 1. The number of anilines is 1. The fraction of sp³-hybridized carbons (Fsp3) is 0.375. The van der Waals surface area contributed by atoms with Gasteiger partial charge in [0.15, 0.2) is 5.82 Å². The van der Waals surface area contributed by atoms with Gasteiger partial charge in [0.05, 0.1) is 12.3 Å². The van der Waals surface area contributed by atoms with Crippen molar-refractivity contribution in [3.8, 4) is 11.3 Å². The zero-order chi connectivity index (χ0) is 15.5. The van der Waals surface area contributed by atoms with Gasteiger partial charge >= 0.3 is 0 Å². The molecule has 6 nitrogen and oxygen atoms in total. The van der Waals surface area contributed by atoms with Crippen molar-refractivity contribution in [1.29, 1.82) is 0 Å². The predicted molar refractivity (Wildman–Crippen MR) is 84.6 cm³/mol. The number of hydrogen-bond acceptors (Lipinski definition) is 4. The van der Waals surface area contributed by atoms with Crippen LogP contribution in [-0.2, 0) is 9.53 Å². The normalized spacial score (nSPS) is 19.1. The Labute approximate surface area is 129 Å². The van der Waals surface area contributed by atoms with Crippen molar-refractivity contribution >= 4 is 11.7 Å². The maximum Gasteiger partial charge on any atom is 0.256 e. The minimum atomic E-state index is -0.447. The van der Waals surface area contributed by atoms with Crippen LogP contribution in [0.15, 0.2) is 30.3 Å². The molecule has 1 saturated heterocycles. The number of rotatable bonds is 3. The fourth-order valence-electron chi connectivity index (χ4n) is 2.54. The van der Waals surface area contributed by atoms with E-state index >= 15 is 0 Å². The summed E-state index contributed by atoms with van der Waals surface area (Å²) in [6, 6.07) is 9.88. The molecule has 1 aromatic carbocycles. The number of likely N-dealkylation sites (N-methyl/N-ethyl adjacent to an activating group) is 1. The van der Waals surface area contributed by atoms with Crippen molar-refractivity contribution in [3.63, 3.8) is 0 Å². The summed E-state index contributed by atoms with van der Waals surface area (Å²) in [5.74, 6) is 0.356. The van der Waals surface area contributed by atoms with E-state index in [9.17, 15) is 4.79 Å². The summed E-state index contributed by atoms with van der Waals surface area (Å²) < 4.78 is 5.50. The lowest BCUT2D eigenvalue weighted by molar-refractivity contribution is -0.132. The third kappa shape index (κ3) is 3.18. The van der Waals surface area contributed by atoms with Gasteiger partial charge in [0, 0.05) is 24.7 Å². The summed E-state index contributed by atoms with van der Waals surface area (Å²) in [6.07, 6.45) is -0.447. The van der Waals surface area contributed by atoms with E-state index in [0.717, 1.165) is 23.4 Å². The first-order chi connectivity index (χ1) is 10.6. The van der Waals surface area contributed by atoms with Crippen LogP contribution < -0.4 is 5.32 Å². The van der Waals surface area contributed by atoms with Crippen molar-refractivity contribution < 1.29 is 9.53 Å². The maximum absolute atomic E-state index is 12.2. The lowest BCUT2D eigenvalue weighted by Gasteiger charge is -2.28. The standard InChI is InChI=1S/C16H20N4O2/c1-11-5-3-4-6-12(11)13-9-15(19-18-13)17-16(21)14-10-20(2)7-8-22-14/h3-6,9,14H,7-8,10H2,1-2H3,(H2,17,18,19,21)/t14-/m0/s1. The largest absolute Gasteiger partial charge is 0.366 e. The zero-order valence-electron chi connectivity index (χ0n) is 12.8. The molecule has 0 aliphatic carbocycles. The SMILES string of the molecule is Cc1ccccc1-c1cc(NC(=O)[C@@H]2CN(C)CCO2)n[nH]1. The lowest BCUT2D eigenvalue weighted by atomic mass is 10.1. The van der Waals surface area contributed by atoms with Gasteiger partial charge < -0.3 is 15.0 Å². The minimum Gasteiger partial charge on any atom is -0.366 e. The second-order valence-corrected chi connectivity index (χ2v) is 5.59. The highest BCUT2D eigenvalue weighted by molar-refractivity contribution is 5.94. The van der Waals surface area contributed by atoms with Crippen molar-refractivity contribution in [2.75, 3.05) is 32.1 Å². The molecule has 2 N–H and O–H groups in total. The Balaban J connectivity index is 1.69. The maximum atomic E-state index is 12.2. The second kappa shape index (κ2) is 6.29. The number of hydrogen-bond donors (Lipinski definition) is 2. The quantitative estimate of drug-likeness (QED) is 0.904. The smallest absolute Gasteiger partial charge is 0.256 e. The first-order valence-electron chi connectivity index (χ1n) is 7.36. The highest BCUT2D eigenvalue weighted by Gasteiger charge is 2.25. The number of benzene rings is 1. The molecule has 2 aromatic rings. The number of aryl methyl sites for hydroxylation is 1. The summed E-state index contributed by atoms with van der Waals surface area (Å²) in [5.41, 5.74) is 3.11. The number of nitrogens with one attached hydrogen (secondary N) is 2. The summed E-state index contributed by atoms with van der Waals surface area (Å²) >= 11 is 0. The molecule has 116 valence electrons. The van der Waals surface area contributed by atoms with E-state index in [0.29, 0.717) is 19.0 Å². The molecule has 1 aliphatic rings. The number of ether oxygens (including phenoxy) is 1. The van der Waals surface area contributed by atoms with Crippen molar-refractivity contribution in [2.24, 2.45) is 0 Å². The molecule has 0 saturated carbocycles. The van der Waals surface area contributed by atoms with Crippen LogP contribution in [0, 0.1) is 6.92 Å². The van der Waals surface area contributed by atoms with Gasteiger partial charge in [-0.25, -0.2) is 0 Å². The molecule has 1 aliphatic heterocycles. The van der Waals surface area contributed by atoms with Crippen LogP contribution in [0.3, 0.4) is 0 Å². The van der Waals surface area contributed by atoms with Gasteiger partial charge in [-0.15, -0.1) is 0 Å². The molecule has 0 spiro atoms. The van der Waals surface area contributed by atoms with Crippen LogP contribution in [0.25, 0.3) is 11.3 Å². The second-order valence-electron chi connectivity index (χ2n) is 5.59. The summed E-state index contributed by atoms with van der Waals surface area (Å²) in [6.45, 7) is 4.06. The highest BCUT2D eigenvalue weighted by Crippen LogP contribution is 2.23. The van der Waals surface area contributed by atoms with Crippen LogP contribution in [-0.4, -0.2) is 53.9 Å². The average Bonchev–Trinajstić information content (AvgIpc) is 2.96. The van der Waals surface area contributed by atoms with Gasteiger partial charge in [-0.05, 0) is 19.5 Å². The van der Waals surface area contributed by atoms with Crippen LogP contribution in [0.5, 0.6) is 0 Å². The predicted octanol–water partition coefficient (Wildman–Crippen LogP) is 1.65. The fourth-order valence-corrected chi connectivity index (χ4v) is 2.54. The van der Waals surface area contributed by atoms with Gasteiger partial charge in [0.1, 0.15) is 6.10 Å². The van der Waals surface area contributed by atoms with E-state index in [-0.39, 0.29) is 5.91 Å². The number of amides is 1. The van der Waals surface area contributed by atoms with E-state index in [1.807, 2.05) is 44.3 Å². The molecular formula is C16H20N4O2. The molecule has 6 heteroatoms. The Morgan fingerprint density at radius 1 is 1.45 bits per heavy atom. The van der Waals surface area contributed by atoms with Gasteiger partial charge in [0.25, 0.3) is 5.91 Å². The monoisotopic (exact) mass is 300 g/mol. The van der Waals surface area contributed by atoms with Crippen molar-refractivity contribution in [1.82, 2.24) is 15.1 Å². The van der Waals surface area contributed by atoms with Crippen LogP contribution in [0.2, 0.25) is 0 Å². The zero-order valence-corrected chi connectivity index (χ0v) is 12.8. The van der Waals surface area contributed by atoms with Crippen molar-refractivity contribution in [2.45, 2.75) is 13.0 Å². The summed E-state index contributed by atoms with van der Waals surface area (Å²) in [7, 11) is 1.98. The van der Waals surface area contributed by atoms with E-state index in [4.69, 9.17) is 4.74 Å². The molecular weight excluding hydrogens is 280 g/mol. The summed E-state index contributed by atoms with van der Waals surface area (Å²) in [5, 5.41) is 9.93. The van der Waals surface area contributed by atoms with Gasteiger partial charge in [-0.1, -0.05) is 24.3 Å². The Morgan fingerprint density at radius 2 is 2.27 bits per heavy atom. The van der Waals surface area contributed by atoms with Gasteiger partial charge in [0.2, 0.25) is 0 Å². The van der Waals surface area contributed by atoms with E-state index in [2.05, 4.69) is 20.4 Å². The van der Waals surface area contributed by atoms with E-state index in [1.165, 1.54) is 0 Å². The van der Waals surface area contributed by atoms with Crippen LogP contribution >= 0.6 is 0 Å². The van der Waals surface area contributed by atoms with Crippen molar-refractivity contribution in [3.05, 3.63) is 35.9 Å². The molecule has 1 atom stereocenters. The van der Waals surface area contributed by atoms with Crippen LogP contribution in [0.1, 0.15) is 5.56 Å². The molecule has 1 fully saturated rings. The Morgan fingerprint density at radius 3 is 3.05 bits per heavy atom. The topological polar surface area (TPSA) is 70.2 Å². The first-order valence-corrected chi connectivity index (χ1v) is 7.36. The van der Waals surface area contributed by atoms with E-state index < -0.39 is 6.10 Å². The molecule has 1 amide bonds. The third-order valence-electron chi connectivity index (χ3n) is 3.83. The molecule has 0 bridgehead atoms. The molecule has 1 aromatic heterocycles. The van der Waals surface area contributed by atoms with Gasteiger partial charge in [-0.2, -0.15) is 5.10 Å². The Bertz CT molecular complexity index is 668. The van der Waals surface area contributed by atoms with Gasteiger partial charge in [-0.3, -0.25) is 9.89 Å². The number of aromatic nitrogens is 2. The molecule has 3 rings (SSSR count). The molecule has 0 unspecified atom stereocenters. The number of carbonyl (C=O) groups is 1. The highest BCUT2D eigenvalue weighted by atomic mass is 16.5.